The number of benzene rings is 2. The SMILES string of the molecule is ClC(c1ccc2c(c1)COC2)c1cc(I)ccc1Br. The van der Waals surface area contributed by atoms with E-state index in [2.05, 4.69) is 68.9 Å². The van der Waals surface area contributed by atoms with Gasteiger partial charge in [0.05, 0.1) is 18.6 Å². The molecule has 3 rings (SSSR count). The summed E-state index contributed by atoms with van der Waals surface area (Å²) in [4.78, 5) is 0. The van der Waals surface area contributed by atoms with Crippen molar-refractivity contribution in [1.82, 2.24) is 0 Å². The summed E-state index contributed by atoms with van der Waals surface area (Å²) in [5.41, 5.74) is 4.75. The average Bonchev–Trinajstić information content (AvgIpc) is 2.88. The monoisotopic (exact) mass is 448 g/mol. The molecule has 0 fully saturated rings. The van der Waals surface area contributed by atoms with Crippen LogP contribution in [0.5, 0.6) is 0 Å². The Morgan fingerprint density at radius 2 is 1.89 bits per heavy atom. The van der Waals surface area contributed by atoms with E-state index < -0.39 is 0 Å². The van der Waals surface area contributed by atoms with E-state index in [1.807, 2.05) is 6.07 Å². The first-order valence-corrected chi connectivity index (χ1v) is 8.24. The van der Waals surface area contributed by atoms with E-state index in [0.717, 1.165) is 22.2 Å². The summed E-state index contributed by atoms with van der Waals surface area (Å²) < 4.78 is 7.68. The predicted octanol–water partition coefficient (Wildman–Crippen LogP) is 5.41. The fraction of sp³-hybridized carbons (Fsp3) is 0.200. The first-order valence-electron chi connectivity index (χ1n) is 5.93. The van der Waals surface area contributed by atoms with Crippen LogP contribution in [-0.4, -0.2) is 0 Å². The lowest BCUT2D eigenvalue weighted by Crippen LogP contribution is -1.97. The predicted molar refractivity (Wildman–Crippen MR) is 89.5 cm³/mol. The molecule has 1 atom stereocenters. The molecule has 4 heteroatoms. The number of hydrogen-bond donors (Lipinski definition) is 0. The van der Waals surface area contributed by atoms with E-state index in [4.69, 9.17) is 16.3 Å². The maximum Gasteiger partial charge on any atom is 0.0846 e. The smallest absolute Gasteiger partial charge is 0.0846 e. The van der Waals surface area contributed by atoms with Gasteiger partial charge in [-0.25, -0.2) is 0 Å². The molecule has 2 aromatic rings. The first-order chi connectivity index (χ1) is 9.15. The quantitative estimate of drug-likeness (QED) is 0.440. The summed E-state index contributed by atoms with van der Waals surface area (Å²) in [6, 6.07) is 12.6. The van der Waals surface area contributed by atoms with Crippen molar-refractivity contribution in [2.45, 2.75) is 18.6 Å². The van der Waals surface area contributed by atoms with Crippen molar-refractivity contribution in [3.63, 3.8) is 0 Å². The summed E-state index contributed by atoms with van der Waals surface area (Å²) in [6.07, 6.45) is 0. The molecular formula is C15H11BrClIO. The van der Waals surface area contributed by atoms with Gasteiger partial charge in [0.25, 0.3) is 0 Å². The molecular weight excluding hydrogens is 438 g/mol. The second-order valence-electron chi connectivity index (χ2n) is 4.55. The lowest BCUT2D eigenvalue weighted by Gasteiger charge is -2.14. The number of ether oxygens (including phenoxy) is 1. The van der Waals surface area contributed by atoms with Gasteiger partial charge in [0.1, 0.15) is 0 Å². The minimum absolute atomic E-state index is 0.144. The van der Waals surface area contributed by atoms with Crippen LogP contribution in [0.3, 0.4) is 0 Å². The van der Waals surface area contributed by atoms with Crippen LogP contribution in [-0.2, 0) is 18.0 Å². The third-order valence-corrected chi connectivity index (χ3v) is 5.15. The van der Waals surface area contributed by atoms with Gasteiger partial charge in [-0.05, 0) is 63.0 Å². The molecule has 0 aliphatic carbocycles. The number of hydrogen-bond acceptors (Lipinski definition) is 1. The van der Waals surface area contributed by atoms with E-state index in [1.54, 1.807) is 0 Å². The third-order valence-electron chi connectivity index (χ3n) is 3.27. The standard InChI is InChI=1S/C15H11BrClIO/c16-14-4-3-12(18)6-13(14)15(17)9-1-2-10-7-19-8-11(10)5-9/h1-6,15H,7-8H2. The van der Waals surface area contributed by atoms with E-state index in [1.165, 1.54) is 14.7 Å². The van der Waals surface area contributed by atoms with Gasteiger partial charge in [0, 0.05) is 8.04 Å². The molecule has 0 spiro atoms. The van der Waals surface area contributed by atoms with Gasteiger partial charge in [-0.15, -0.1) is 11.6 Å². The summed E-state index contributed by atoms with van der Waals surface area (Å²) in [5, 5.41) is -0.144. The summed E-state index contributed by atoms with van der Waals surface area (Å²) in [5.74, 6) is 0. The van der Waals surface area contributed by atoms with Crippen LogP contribution in [0.25, 0.3) is 0 Å². The van der Waals surface area contributed by atoms with Crippen LogP contribution >= 0.6 is 50.1 Å². The molecule has 0 N–H and O–H groups in total. The molecule has 1 nitrogen and oxygen atoms in total. The molecule has 1 heterocycles. The number of alkyl halides is 1. The highest BCUT2D eigenvalue weighted by molar-refractivity contribution is 14.1. The van der Waals surface area contributed by atoms with Crippen molar-refractivity contribution in [2.75, 3.05) is 0 Å². The van der Waals surface area contributed by atoms with E-state index in [9.17, 15) is 0 Å². The molecule has 0 saturated heterocycles. The van der Waals surface area contributed by atoms with E-state index in [-0.39, 0.29) is 5.38 Å². The van der Waals surface area contributed by atoms with Crippen molar-refractivity contribution in [1.29, 1.82) is 0 Å². The molecule has 1 aliphatic rings. The molecule has 2 aromatic carbocycles. The number of halogens is 3. The third kappa shape index (κ3) is 2.84. The summed E-state index contributed by atoms with van der Waals surface area (Å²) in [7, 11) is 0. The molecule has 98 valence electrons. The van der Waals surface area contributed by atoms with Gasteiger partial charge in [-0.1, -0.05) is 34.1 Å². The Hall–Kier alpha value is -0.100. The van der Waals surface area contributed by atoms with E-state index in [0.29, 0.717) is 6.61 Å². The highest BCUT2D eigenvalue weighted by Crippen LogP contribution is 2.36. The van der Waals surface area contributed by atoms with Gasteiger partial charge in [0.2, 0.25) is 0 Å². The zero-order chi connectivity index (χ0) is 13.4. The Morgan fingerprint density at radius 3 is 2.74 bits per heavy atom. The van der Waals surface area contributed by atoms with Crippen LogP contribution in [0, 0.1) is 3.57 Å². The van der Waals surface area contributed by atoms with Crippen molar-refractivity contribution in [3.8, 4) is 0 Å². The minimum Gasteiger partial charge on any atom is -0.372 e. The van der Waals surface area contributed by atoms with Gasteiger partial charge < -0.3 is 4.74 Å². The second kappa shape index (κ2) is 5.72. The Labute approximate surface area is 139 Å². The molecule has 1 unspecified atom stereocenters. The number of fused-ring (bicyclic) bond motifs is 1. The van der Waals surface area contributed by atoms with Gasteiger partial charge in [-0.3, -0.25) is 0 Å². The topological polar surface area (TPSA) is 9.23 Å². The maximum absolute atomic E-state index is 6.64. The molecule has 0 amide bonds. The van der Waals surface area contributed by atoms with Crippen molar-refractivity contribution >= 4 is 50.1 Å². The first kappa shape index (κ1) is 13.9. The molecule has 0 bridgehead atoms. The maximum atomic E-state index is 6.64. The minimum atomic E-state index is -0.144. The molecule has 0 radical (unpaired) electrons. The van der Waals surface area contributed by atoms with E-state index >= 15 is 0 Å². The fourth-order valence-electron chi connectivity index (χ4n) is 2.24. The fourth-order valence-corrected chi connectivity index (χ4v) is 3.68. The Morgan fingerprint density at radius 1 is 1.11 bits per heavy atom. The molecule has 0 saturated carbocycles. The summed E-state index contributed by atoms with van der Waals surface area (Å²) in [6.45, 7) is 1.41. The van der Waals surface area contributed by atoms with Crippen LogP contribution < -0.4 is 0 Å². The van der Waals surface area contributed by atoms with Crippen LogP contribution in [0.1, 0.15) is 27.6 Å². The normalized spacial score (nSPS) is 15.3. The Bertz CT molecular complexity index is 630. The zero-order valence-corrected chi connectivity index (χ0v) is 14.5. The molecule has 0 aromatic heterocycles. The lowest BCUT2D eigenvalue weighted by atomic mass is 10.00. The average molecular weight is 450 g/mol. The number of rotatable bonds is 2. The lowest BCUT2D eigenvalue weighted by molar-refractivity contribution is 0.134. The van der Waals surface area contributed by atoms with Crippen LogP contribution in [0.4, 0.5) is 0 Å². The summed E-state index contributed by atoms with van der Waals surface area (Å²) >= 11 is 12.5. The van der Waals surface area contributed by atoms with Crippen LogP contribution in [0.15, 0.2) is 40.9 Å². The Balaban J connectivity index is 1.99. The Kier molecular flexibility index (Phi) is 4.17. The second-order valence-corrected chi connectivity index (χ2v) is 7.09. The molecule has 1 aliphatic heterocycles. The highest BCUT2D eigenvalue weighted by atomic mass is 127. The molecule has 19 heavy (non-hydrogen) atoms. The van der Waals surface area contributed by atoms with Crippen molar-refractivity contribution < 1.29 is 4.74 Å². The van der Waals surface area contributed by atoms with Crippen molar-refractivity contribution in [2.24, 2.45) is 0 Å². The zero-order valence-electron chi connectivity index (χ0n) is 10.00. The van der Waals surface area contributed by atoms with Gasteiger partial charge >= 0.3 is 0 Å². The largest absolute Gasteiger partial charge is 0.372 e. The van der Waals surface area contributed by atoms with Crippen molar-refractivity contribution in [3.05, 3.63) is 66.7 Å². The highest BCUT2D eigenvalue weighted by Gasteiger charge is 2.18. The van der Waals surface area contributed by atoms with Gasteiger partial charge in [-0.2, -0.15) is 0 Å². The van der Waals surface area contributed by atoms with Crippen LogP contribution in [0.2, 0.25) is 0 Å². The van der Waals surface area contributed by atoms with Gasteiger partial charge in [0.15, 0.2) is 0 Å².